The van der Waals surface area contributed by atoms with Crippen molar-refractivity contribution in [3.63, 3.8) is 0 Å². The van der Waals surface area contributed by atoms with Crippen LogP contribution < -0.4 is 0 Å². The molecule has 82 valence electrons. The minimum atomic E-state index is -0.0883. The Kier molecular flexibility index (Phi) is 3.71. The molecule has 1 aliphatic heterocycles. The monoisotopic (exact) mass is 215 g/mol. The first kappa shape index (κ1) is 10.9. The van der Waals surface area contributed by atoms with Crippen LogP contribution in [0.4, 0.5) is 0 Å². The van der Waals surface area contributed by atoms with Crippen LogP contribution in [0.1, 0.15) is 17.5 Å². The van der Waals surface area contributed by atoms with E-state index in [1.54, 1.807) is 0 Å². The summed E-state index contributed by atoms with van der Waals surface area (Å²) in [6.45, 7) is 1.38. The standard InChI is InChI=1S/C13H13NO2/c14-10-12-6-4-11(5-7-12)2-1-3-13-15-8-9-16-13/h1-2,4-7,13H,3,8-9H2/b2-1-. The summed E-state index contributed by atoms with van der Waals surface area (Å²) in [6.07, 6.45) is 4.71. The van der Waals surface area contributed by atoms with E-state index in [2.05, 4.69) is 6.07 Å². The van der Waals surface area contributed by atoms with Crippen molar-refractivity contribution >= 4 is 6.08 Å². The summed E-state index contributed by atoms with van der Waals surface area (Å²) in [5, 5.41) is 8.65. The Balaban J connectivity index is 1.87. The molecular weight excluding hydrogens is 202 g/mol. The molecule has 1 saturated heterocycles. The average Bonchev–Trinajstić information content (AvgIpc) is 2.83. The zero-order chi connectivity index (χ0) is 11.2. The first-order valence-corrected chi connectivity index (χ1v) is 5.28. The van der Waals surface area contributed by atoms with Crippen molar-refractivity contribution in [1.29, 1.82) is 5.26 Å². The molecule has 0 aliphatic carbocycles. The highest BCUT2D eigenvalue weighted by Gasteiger charge is 2.13. The fourth-order valence-corrected chi connectivity index (χ4v) is 1.53. The Morgan fingerprint density at radius 1 is 1.25 bits per heavy atom. The normalized spacial score (nSPS) is 16.7. The summed E-state index contributed by atoms with van der Waals surface area (Å²) in [5.41, 5.74) is 1.76. The highest BCUT2D eigenvalue weighted by atomic mass is 16.7. The van der Waals surface area contributed by atoms with Crippen molar-refractivity contribution in [3.8, 4) is 6.07 Å². The van der Waals surface area contributed by atoms with E-state index in [1.165, 1.54) is 0 Å². The van der Waals surface area contributed by atoms with Crippen LogP contribution in [-0.4, -0.2) is 19.5 Å². The Labute approximate surface area is 94.9 Å². The molecule has 0 amide bonds. The van der Waals surface area contributed by atoms with E-state index in [1.807, 2.05) is 36.4 Å². The van der Waals surface area contributed by atoms with Gasteiger partial charge in [-0.3, -0.25) is 0 Å². The molecule has 2 rings (SSSR count). The number of nitrogens with zero attached hydrogens (tertiary/aromatic N) is 1. The number of benzene rings is 1. The Morgan fingerprint density at radius 3 is 2.56 bits per heavy atom. The molecule has 1 heterocycles. The highest BCUT2D eigenvalue weighted by molar-refractivity contribution is 5.50. The molecule has 1 aliphatic rings. The second-order valence-corrected chi connectivity index (χ2v) is 3.54. The summed E-state index contributed by atoms with van der Waals surface area (Å²) in [7, 11) is 0. The van der Waals surface area contributed by atoms with E-state index >= 15 is 0 Å². The van der Waals surface area contributed by atoms with Gasteiger partial charge in [-0.1, -0.05) is 24.3 Å². The predicted octanol–water partition coefficient (Wildman–Crippen LogP) is 2.33. The predicted molar refractivity (Wildman–Crippen MR) is 60.5 cm³/mol. The maximum absolute atomic E-state index is 8.65. The minimum Gasteiger partial charge on any atom is -0.350 e. The Morgan fingerprint density at radius 2 is 1.94 bits per heavy atom. The molecule has 3 nitrogen and oxygen atoms in total. The average molecular weight is 215 g/mol. The molecule has 0 atom stereocenters. The van der Waals surface area contributed by atoms with Gasteiger partial charge in [0, 0.05) is 6.42 Å². The summed E-state index contributed by atoms with van der Waals surface area (Å²) in [5.74, 6) is 0. The highest BCUT2D eigenvalue weighted by Crippen LogP contribution is 2.11. The molecule has 0 spiro atoms. The number of hydrogen-bond acceptors (Lipinski definition) is 3. The second kappa shape index (κ2) is 5.45. The van der Waals surface area contributed by atoms with Crippen LogP contribution >= 0.6 is 0 Å². The maximum Gasteiger partial charge on any atom is 0.161 e. The van der Waals surface area contributed by atoms with Crippen molar-refractivity contribution in [3.05, 3.63) is 41.5 Å². The topological polar surface area (TPSA) is 42.2 Å². The number of ether oxygens (including phenoxy) is 2. The van der Waals surface area contributed by atoms with E-state index in [0.717, 1.165) is 12.0 Å². The molecule has 0 unspecified atom stereocenters. The molecule has 1 fully saturated rings. The summed E-state index contributed by atoms with van der Waals surface area (Å²) < 4.78 is 10.6. The van der Waals surface area contributed by atoms with Crippen molar-refractivity contribution in [2.75, 3.05) is 13.2 Å². The van der Waals surface area contributed by atoms with E-state index in [9.17, 15) is 0 Å². The van der Waals surface area contributed by atoms with Gasteiger partial charge >= 0.3 is 0 Å². The fraction of sp³-hybridized carbons (Fsp3) is 0.308. The van der Waals surface area contributed by atoms with Crippen molar-refractivity contribution < 1.29 is 9.47 Å². The zero-order valence-electron chi connectivity index (χ0n) is 8.93. The van der Waals surface area contributed by atoms with Gasteiger partial charge in [-0.2, -0.15) is 5.26 Å². The summed E-state index contributed by atoms with van der Waals surface area (Å²) in [6, 6.07) is 9.55. The van der Waals surface area contributed by atoms with Crippen molar-refractivity contribution in [1.82, 2.24) is 0 Å². The van der Waals surface area contributed by atoms with Crippen molar-refractivity contribution in [2.45, 2.75) is 12.7 Å². The van der Waals surface area contributed by atoms with Gasteiger partial charge in [0.05, 0.1) is 24.8 Å². The lowest BCUT2D eigenvalue weighted by Crippen LogP contribution is -2.04. The first-order chi connectivity index (χ1) is 7.88. The van der Waals surface area contributed by atoms with E-state index in [-0.39, 0.29) is 6.29 Å². The lowest BCUT2D eigenvalue weighted by atomic mass is 10.1. The van der Waals surface area contributed by atoms with Gasteiger partial charge in [0.1, 0.15) is 0 Å². The number of nitriles is 1. The SMILES string of the molecule is N#Cc1ccc(/C=C\CC2OCCO2)cc1. The molecule has 0 N–H and O–H groups in total. The van der Waals surface area contributed by atoms with E-state index in [0.29, 0.717) is 18.8 Å². The molecule has 0 aromatic heterocycles. The molecule has 16 heavy (non-hydrogen) atoms. The van der Waals surface area contributed by atoms with Crippen LogP contribution in [-0.2, 0) is 9.47 Å². The zero-order valence-corrected chi connectivity index (χ0v) is 8.93. The molecule has 3 heteroatoms. The van der Waals surface area contributed by atoms with Crippen molar-refractivity contribution in [2.24, 2.45) is 0 Å². The molecule has 0 bridgehead atoms. The van der Waals surface area contributed by atoms with Gasteiger partial charge in [-0.15, -0.1) is 0 Å². The summed E-state index contributed by atoms with van der Waals surface area (Å²) >= 11 is 0. The number of hydrogen-bond donors (Lipinski definition) is 0. The van der Waals surface area contributed by atoms with Crippen LogP contribution in [0.3, 0.4) is 0 Å². The van der Waals surface area contributed by atoms with E-state index < -0.39 is 0 Å². The lowest BCUT2D eigenvalue weighted by Gasteiger charge is -2.03. The van der Waals surface area contributed by atoms with Crippen LogP contribution in [0.2, 0.25) is 0 Å². The first-order valence-electron chi connectivity index (χ1n) is 5.28. The molecule has 0 radical (unpaired) electrons. The van der Waals surface area contributed by atoms with Gasteiger partial charge in [0.2, 0.25) is 0 Å². The largest absolute Gasteiger partial charge is 0.350 e. The van der Waals surface area contributed by atoms with Crippen LogP contribution in [0.5, 0.6) is 0 Å². The smallest absolute Gasteiger partial charge is 0.161 e. The molecule has 1 aromatic carbocycles. The molecule has 0 saturated carbocycles. The molecular formula is C13H13NO2. The lowest BCUT2D eigenvalue weighted by molar-refractivity contribution is -0.0379. The second-order valence-electron chi connectivity index (χ2n) is 3.54. The van der Waals surface area contributed by atoms with Crippen LogP contribution in [0.25, 0.3) is 6.08 Å². The summed E-state index contributed by atoms with van der Waals surface area (Å²) in [4.78, 5) is 0. The minimum absolute atomic E-state index is 0.0883. The van der Waals surface area contributed by atoms with Crippen LogP contribution in [0.15, 0.2) is 30.3 Å². The van der Waals surface area contributed by atoms with Gasteiger partial charge < -0.3 is 9.47 Å². The third-order valence-electron chi connectivity index (χ3n) is 2.37. The third-order valence-corrected chi connectivity index (χ3v) is 2.37. The van der Waals surface area contributed by atoms with Gasteiger partial charge in [0.25, 0.3) is 0 Å². The van der Waals surface area contributed by atoms with Gasteiger partial charge in [-0.25, -0.2) is 0 Å². The third kappa shape index (κ3) is 2.93. The Bertz CT molecular complexity index is 397. The Hall–Kier alpha value is -1.63. The van der Waals surface area contributed by atoms with Crippen LogP contribution in [0, 0.1) is 11.3 Å². The van der Waals surface area contributed by atoms with E-state index in [4.69, 9.17) is 14.7 Å². The van der Waals surface area contributed by atoms with Gasteiger partial charge in [-0.05, 0) is 17.7 Å². The maximum atomic E-state index is 8.65. The number of rotatable bonds is 3. The quantitative estimate of drug-likeness (QED) is 0.777. The molecule has 1 aromatic rings. The van der Waals surface area contributed by atoms with Gasteiger partial charge in [0.15, 0.2) is 6.29 Å². The fourth-order valence-electron chi connectivity index (χ4n) is 1.53.